The van der Waals surface area contributed by atoms with Crippen molar-refractivity contribution >= 4 is 38.7 Å². The van der Waals surface area contributed by atoms with Crippen molar-refractivity contribution in [1.29, 1.82) is 0 Å². The summed E-state index contributed by atoms with van der Waals surface area (Å²) in [5.41, 5.74) is 1.91. The third-order valence-electron chi connectivity index (χ3n) is 2.50. The van der Waals surface area contributed by atoms with Gasteiger partial charge in [-0.2, -0.15) is 0 Å². The number of nitrogens with zero attached hydrogens (tertiary/aromatic N) is 2. The first kappa shape index (κ1) is 16.0. The lowest BCUT2D eigenvalue weighted by Crippen LogP contribution is -2.27. The molecular weight excluding hydrogens is 334 g/mol. The van der Waals surface area contributed by atoms with E-state index in [0.29, 0.717) is 5.01 Å². The van der Waals surface area contributed by atoms with Crippen molar-refractivity contribution in [2.24, 2.45) is 0 Å². The van der Waals surface area contributed by atoms with E-state index in [1.807, 2.05) is 12.3 Å². The molecule has 0 saturated heterocycles. The fourth-order valence-corrected chi connectivity index (χ4v) is 4.80. The fraction of sp³-hybridized carbons (Fsp3) is 0.364. The van der Waals surface area contributed by atoms with E-state index < -0.39 is 22.0 Å². The second-order valence-corrected chi connectivity index (χ2v) is 7.80. The molecule has 1 unspecified atom stereocenters. The Kier molecular flexibility index (Phi) is 4.71. The van der Waals surface area contributed by atoms with Gasteiger partial charge in [0.05, 0.1) is 18.7 Å². The van der Waals surface area contributed by atoms with E-state index in [4.69, 9.17) is 0 Å². The van der Waals surface area contributed by atoms with Crippen LogP contribution in [0.3, 0.4) is 0 Å². The van der Waals surface area contributed by atoms with E-state index in [9.17, 15) is 13.2 Å². The first-order valence-electron chi connectivity index (χ1n) is 5.81. The minimum Gasteiger partial charge on any atom is -0.464 e. The predicted octanol–water partition coefficient (Wildman–Crippen LogP) is 1.73. The molecule has 0 aliphatic rings. The second kappa shape index (κ2) is 6.18. The molecule has 114 valence electrons. The number of sulfonamides is 1. The van der Waals surface area contributed by atoms with Crippen molar-refractivity contribution in [1.82, 2.24) is 14.7 Å². The molecule has 7 nitrogen and oxygen atoms in total. The number of rotatable bonds is 5. The number of nitrogens with one attached hydrogen (secondary N) is 1. The lowest BCUT2D eigenvalue weighted by Gasteiger charge is -2.11. The molecule has 21 heavy (non-hydrogen) atoms. The molecule has 10 heteroatoms. The summed E-state index contributed by atoms with van der Waals surface area (Å²) in [6, 6.07) is -0.499. The van der Waals surface area contributed by atoms with Crippen molar-refractivity contribution in [2.75, 3.05) is 7.11 Å². The van der Waals surface area contributed by atoms with Gasteiger partial charge in [0.25, 0.3) is 10.0 Å². The van der Waals surface area contributed by atoms with Crippen molar-refractivity contribution in [3.8, 4) is 0 Å². The van der Waals surface area contributed by atoms with Crippen molar-refractivity contribution in [3.05, 3.63) is 27.3 Å². The molecule has 0 radical (unpaired) electrons. The van der Waals surface area contributed by atoms with E-state index in [0.717, 1.165) is 17.0 Å². The highest BCUT2D eigenvalue weighted by molar-refractivity contribution is 7.91. The summed E-state index contributed by atoms with van der Waals surface area (Å²) >= 11 is 2.23. The van der Waals surface area contributed by atoms with Crippen molar-refractivity contribution in [3.63, 3.8) is 0 Å². The number of thiazole rings is 2. The third-order valence-corrected chi connectivity index (χ3v) is 6.55. The maximum Gasteiger partial charge on any atom is 0.358 e. The number of hydrogen-bond donors (Lipinski definition) is 1. The van der Waals surface area contributed by atoms with Gasteiger partial charge in [0.2, 0.25) is 0 Å². The molecule has 2 aromatic rings. The second-order valence-electron chi connectivity index (χ2n) is 4.15. The Labute approximate surface area is 130 Å². The molecule has 0 amide bonds. The standard InChI is InChI=1S/C11H13N3O4S3/c1-6-4-19-9(13-6)7(2)14-21(16,17)11-8(10(15)18-3)12-5-20-11/h4-5,7,14H,1-3H3. The minimum absolute atomic E-state index is 0.158. The zero-order chi connectivity index (χ0) is 15.6. The lowest BCUT2D eigenvalue weighted by molar-refractivity contribution is 0.0590. The SMILES string of the molecule is COC(=O)c1ncsc1S(=O)(=O)NC(C)c1nc(C)cs1. The highest BCUT2D eigenvalue weighted by Gasteiger charge is 2.28. The zero-order valence-corrected chi connectivity index (χ0v) is 13.9. The summed E-state index contributed by atoms with van der Waals surface area (Å²) in [6.07, 6.45) is 0. The van der Waals surface area contributed by atoms with E-state index in [-0.39, 0.29) is 9.90 Å². The summed E-state index contributed by atoms with van der Waals surface area (Å²) in [7, 11) is -2.70. The largest absolute Gasteiger partial charge is 0.464 e. The third kappa shape index (κ3) is 3.46. The van der Waals surface area contributed by atoms with Crippen LogP contribution < -0.4 is 4.72 Å². The van der Waals surface area contributed by atoms with Crippen LogP contribution in [-0.2, 0) is 14.8 Å². The Morgan fingerprint density at radius 1 is 1.43 bits per heavy atom. The molecule has 0 bridgehead atoms. The Bertz CT molecular complexity index is 750. The van der Waals surface area contributed by atoms with Gasteiger partial charge in [0.15, 0.2) is 9.90 Å². The number of carbonyl (C=O) groups is 1. The minimum atomic E-state index is -3.87. The highest BCUT2D eigenvalue weighted by atomic mass is 32.2. The molecule has 2 rings (SSSR count). The van der Waals surface area contributed by atoms with Gasteiger partial charge < -0.3 is 4.74 Å². The van der Waals surface area contributed by atoms with Crippen LogP contribution in [0.1, 0.15) is 34.2 Å². The van der Waals surface area contributed by atoms with Gasteiger partial charge in [-0.1, -0.05) is 0 Å². The van der Waals surface area contributed by atoms with Crippen LogP contribution in [0.5, 0.6) is 0 Å². The number of esters is 1. The summed E-state index contributed by atoms with van der Waals surface area (Å²) < 4.78 is 31.6. The topological polar surface area (TPSA) is 98.2 Å². The molecule has 0 fully saturated rings. The van der Waals surface area contributed by atoms with Crippen LogP contribution in [-0.4, -0.2) is 31.5 Å². The molecule has 0 aliphatic carbocycles. The lowest BCUT2D eigenvalue weighted by atomic mass is 10.4. The maximum atomic E-state index is 12.4. The predicted molar refractivity (Wildman–Crippen MR) is 79.0 cm³/mol. The number of carbonyl (C=O) groups excluding carboxylic acids is 1. The molecular formula is C11H13N3O4S3. The summed E-state index contributed by atoms with van der Waals surface area (Å²) in [5, 5.41) is 2.49. The maximum absolute atomic E-state index is 12.4. The monoisotopic (exact) mass is 347 g/mol. The number of hydrogen-bond acceptors (Lipinski definition) is 8. The van der Waals surface area contributed by atoms with Gasteiger partial charge in [-0.15, -0.1) is 22.7 Å². The molecule has 2 heterocycles. The highest BCUT2D eigenvalue weighted by Crippen LogP contribution is 2.24. The molecule has 0 aliphatic heterocycles. The Hall–Kier alpha value is -1.36. The quantitative estimate of drug-likeness (QED) is 0.827. The molecule has 2 aromatic heterocycles. The first-order chi connectivity index (χ1) is 9.85. The molecule has 0 aromatic carbocycles. The van der Waals surface area contributed by atoms with Crippen molar-refractivity contribution in [2.45, 2.75) is 24.1 Å². The molecule has 1 N–H and O–H groups in total. The number of methoxy groups -OCH3 is 1. The molecule has 1 atom stereocenters. The number of ether oxygens (including phenoxy) is 1. The Morgan fingerprint density at radius 3 is 2.71 bits per heavy atom. The zero-order valence-electron chi connectivity index (χ0n) is 11.5. The average molecular weight is 347 g/mol. The first-order valence-corrected chi connectivity index (χ1v) is 9.05. The van der Waals surface area contributed by atoms with Crippen LogP contribution in [0.25, 0.3) is 0 Å². The van der Waals surface area contributed by atoms with E-state index >= 15 is 0 Å². The van der Waals surface area contributed by atoms with E-state index in [1.165, 1.54) is 24.0 Å². The van der Waals surface area contributed by atoms with Gasteiger partial charge >= 0.3 is 5.97 Å². The summed E-state index contributed by atoms with van der Waals surface area (Å²) in [4.78, 5) is 19.5. The van der Waals surface area contributed by atoms with Gasteiger partial charge in [-0.05, 0) is 13.8 Å². The van der Waals surface area contributed by atoms with Crippen LogP contribution in [0.15, 0.2) is 15.1 Å². The van der Waals surface area contributed by atoms with Crippen LogP contribution in [0.2, 0.25) is 0 Å². The Balaban J connectivity index is 2.27. The molecule has 0 saturated carbocycles. The van der Waals surface area contributed by atoms with Crippen LogP contribution in [0.4, 0.5) is 0 Å². The smallest absolute Gasteiger partial charge is 0.358 e. The van der Waals surface area contributed by atoms with E-state index in [1.54, 1.807) is 6.92 Å². The van der Waals surface area contributed by atoms with Crippen LogP contribution in [0, 0.1) is 6.92 Å². The number of aromatic nitrogens is 2. The van der Waals surface area contributed by atoms with E-state index in [2.05, 4.69) is 19.4 Å². The van der Waals surface area contributed by atoms with Gasteiger partial charge in [0, 0.05) is 11.1 Å². The van der Waals surface area contributed by atoms with Crippen LogP contribution >= 0.6 is 22.7 Å². The normalized spacial score (nSPS) is 13.1. The van der Waals surface area contributed by atoms with Crippen molar-refractivity contribution < 1.29 is 17.9 Å². The summed E-state index contributed by atoms with van der Waals surface area (Å²) in [6.45, 7) is 3.52. The van der Waals surface area contributed by atoms with Gasteiger partial charge in [-0.25, -0.2) is 27.9 Å². The Morgan fingerprint density at radius 2 is 2.14 bits per heavy atom. The molecule has 0 spiro atoms. The summed E-state index contributed by atoms with van der Waals surface area (Å²) in [5.74, 6) is -0.783. The van der Waals surface area contributed by atoms with Gasteiger partial charge in [0.1, 0.15) is 5.01 Å². The van der Waals surface area contributed by atoms with Gasteiger partial charge in [-0.3, -0.25) is 0 Å². The average Bonchev–Trinajstić information content (AvgIpc) is 3.05. The number of aryl methyl sites for hydroxylation is 1. The fourth-order valence-electron chi connectivity index (χ4n) is 1.57.